The van der Waals surface area contributed by atoms with Crippen molar-refractivity contribution in [3.05, 3.63) is 65.4 Å². The van der Waals surface area contributed by atoms with Crippen molar-refractivity contribution < 1.29 is 30.4 Å². The summed E-state index contributed by atoms with van der Waals surface area (Å²) in [6.45, 7) is 3.77. The maximum atomic E-state index is 15.6. The molecule has 0 bridgehead atoms. The molecular weight excluding hydrogens is 579 g/mol. The van der Waals surface area contributed by atoms with Crippen LogP contribution in [0, 0.1) is 11.6 Å². The van der Waals surface area contributed by atoms with Crippen LogP contribution in [0.2, 0.25) is 0 Å². The van der Waals surface area contributed by atoms with Gasteiger partial charge in [-0.3, -0.25) is 9.40 Å². The Morgan fingerprint density at radius 1 is 1.05 bits per heavy atom. The number of nitrogens with one attached hydrogen (secondary N) is 1. The maximum absolute atomic E-state index is 15.6. The molecule has 224 valence electrons. The Hall–Kier alpha value is -3.78. The fourth-order valence-corrected chi connectivity index (χ4v) is 6.46. The van der Waals surface area contributed by atoms with E-state index in [4.69, 9.17) is 11.5 Å². The van der Waals surface area contributed by atoms with Gasteiger partial charge in [0.05, 0.1) is 27.0 Å². The third kappa shape index (κ3) is 5.52. The SMILES string of the molecule is CC(C)n1nc(-c2cc(F)c(NS(=O)(=O)c3cccc(C(F)(F)F)c3)cc2F)c2c(N)ncc([C@H]3CC[C@H](N)CC3)c21. The number of pyridine rings is 1. The highest BCUT2D eigenvalue weighted by Crippen LogP contribution is 2.42. The van der Waals surface area contributed by atoms with Crippen molar-refractivity contribution in [2.75, 3.05) is 10.5 Å². The van der Waals surface area contributed by atoms with E-state index in [2.05, 4.69) is 10.1 Å². The Kier molecular flexibility index (Phi) is 7.64. The zero-order valence-electron chi connectivity index (χ0n) is 22.7. The van der Waals surface area contributed by atoms with Crippen LogP contribution >= 0.6 is 0 Å². The molecule has 1 saturated carbocycles. The van der Waals surface area contributed by atoms with Gasteiger partial charge in [0.25, 0.3) is 10.0 Å². The van der Waals surface area contributed by atoms with Crippen molar-refractivity contribution >= 4 is 32.4 Å². The number of halogens is 5. The zero-order valence-corrected chi connectivity index (χ0v) is 23.5. The van der Waals surface area contributed by atoms with Crippen LogP contribution in [0.1, 0.15) is 62.6 Å². The number of rotatable bonds is 6. The highest BCUT2D eigenvalue weighted by molar-refractivity contribution is 7.92. The van der Waals surface area contributed by atoms with Gasteiger partial charge in [0, 0.05) is 29.9 Å². The molecular formula is C28H29F5N6O2S. The first-order valence-corrected chi connectivity index (χ1v) is 14.8. The topological polar surface area (TPSA) is 129 Å². The van der Waals surface area contributed by atoms with Crippen LogP contribution < -0.4 is 16.2 Å². The van der Waals surface area contributed by atoms with Crippen LogP contribution in [0.15, 0.2) is 47.5 Å². The maximum Gasteiger partial charge on any atom is 0.416 e. The lowest BCUT2D eigenvalue weighted by molar-refractivity contribution is -0.137. The Morgan fingerprint density at radius 3 is 2.38 bits per heavy atom. The van der Waals surface area contributed by atoms with Crippen molar-refractivity contribution in [1.29, 1.82) is 0 Å². The molecule has 0 aliphatic heterocycles. The van der Waals surface area contributed by atoms with Crippen LogP contribution in [0.5, 0.6) is 0 Å². The van der Waals surface area contributed by atoms with Crippen molar-refractivity contribution in [3.8, 4) is 11.3 Å². The number of hydrogen-bond acceptors (Lipinski definition) is 6. The van der Waals surface area contributed by atoms with Crippen molar-refractivity contribution in [1.82, 2.24) is 14.8 Å². The van der Waals surface area contributed by atoms with E-state index in [0.29, 0.717) is 29.1 Å². The molecule has 2 aromatic carbocycles. The summed E-state index contributed by atoms with van der Waals surface area (Å²) in [6.07, 6.45) is 0.196. The highest BCUT2D eigenvalue weighted by Gasteiger charge is 2.32. The first-order chi connectivity index (χ1) is 19.7. The van der Waals surface area contributed by atoms with Gasteiger partial charge in [-0.05, 0) is 75.3 Å². The Balaban J connectivity index is 1.58. The molecule has 0 saturated heterocycles. The number of nitrogens with two attached hydrogens (primary N) is 2. The van der Waals surface area contributed by atoms with Crippen LogP contribution in [0.3, 0.4) is 0 Å². The van der Waals surface area contributed by atoms with Crippen molar-refractivity contribution in [2.24, 2.45) is 5.73 Å². The predicted octanol–water partition coefficient (Wildman–Crippen LogP) is 6.34. The van der Waals surface area contributed by atoms with Gasteiger partial charge in [-0.1, -0.05) is 6.07 Å². The van der Waals surface area contributed by atoms with Crippen LogP contribution in [0.25, 0.3) is 22.2 Å². The monoisotopic (exact) mass is 608 g/mol. The molecule has 2 heterocycles. The quantitative estimate of drug-likeness (QED) is 0.219. The number of sulfonamides is 1. The van der Waals surface area contributed by atoms with Gasteiger partial charge in [0.15, 0.2) is 0 Å². The van der Waals surface area contributed by atoms with E-state index < -0.39 is 44.0 Å². The van der Waals surface area contributed by atoms with Gasteiger partial charge in [-0.25, -0.2) is 22.2 Å². The Bertz CT molecular complexity index is 1760. The normalized spacial score (nSPS) is 18.1. The van der Waals surface area contributed by atoms with E-state index >= 15 is 8.78 Å². The molecule has 2 aromatic heterocycles. The summed E-state index contributed by atoms with van der Waals surface area (Å²) >= 11 is 0. The molecule has 1 aliphatic rings. The molecule has 0 unspecified atom stereocenters. The van der Waals surface area contributed by atoms with Gasteiger partial charge in [0.1, 0.15) is 23.1 Å². The number of benzene rings is 2. The number of nitrogens with zero attached hydrogens (tertiary/aromatic N) is 3. The lowest BCUT2D eigenvalue weighted by atomic mass is 9.82. The first kappa shape index (κ1) is 29.7. The number of aromatic nitrogens is 3. The van der Waals surface area contributed by atoms with Gasteiger partial charge in [0.2, 0.25) is 0 Å². The third-order valence-electron chi connectivity index (χ3n) is 7.51. The molecule has 1 fully saturated rings. The fourth-order valence-electron chi connectivity index (χ4n) is 5.36. The second-order valence-electron chi connectivity index (χ2n) is 10.8. The number of fused-ring (bicyclic) bond motifs is 1. The summed E-state index contributed by atoms with van der Waals surface area (Å²) in [5.74, 6) is -2.01. The largest absolute Gasteiger partial charge is 0.416 e. The molecule has 42 heavy (non-hydrogen) atoms. The molecule has 1 aliphatic carbocycles. The zero-order chi connectivity index (χ0) is 30.6. The fraction of sp³-hybridized carbons (Fsp3) is 0.357. The summed E-state index contributed by atoms with van der Waals surface area (Å²) < 4.78 is 99.3. The molecule has 0 spiro atoms. The van der Waals surface area contributed by atoms with Crippen LogP contribution in [-0.4, -0.2) is 29.2 Å². The van der Waals surface area contributed by atoms with Crippen molar-refractivity contribution in [3.63, 3.8) is 0 Å². The van der Waals surface area contributed by atoms with Gasteiger partial charge in [-0.2, -0.15) is 18.3 Å². The second-order valence-corrected chi connectivity index (χ2v) is 12.4. The van der Waals surface area contributed by atoms with Gasteiger partial charge < -0.3 is 11.5 Å². The summed E-state index contributed by atoms with van der Waals surface area (Å²) in [4.78, 5) is 3.58. The average molecular weight is 609 g/mol. The average Bonchev–Trinajstić information content (AvgIpc) is 3.33. The van der Waals surface area contributed by atoms with Crippen LogP contribution in [0.4, 0.5) is 33.5 Å². The summed E-state index contributed by atoms with van der Waals surface area (Å²) in [7, 11) is -4.70. The van der Waals surface area contributed by atoms with E-state index in [1.807, 2.05) is 18.6 Å². The Labute approximate surface area is 239 Å². The van der Waals surface area contributed by atoms with Crippen LogP contribution in [-0.2, 0) is 16.2 Å². The molecule has 8 nitrogen and oxygen atoms in total. The molecule has 0 radical (unpaired) electrons. The van der Waals surface area contributed by atoms with E-state index in [0.717, 1.165) is 49.4 Å². The lowest BCUT2D eigenvalue weighted by Crippen LogP contribution is -2.26. The number of nitrogen functional groups attached to an aromatic ring is 1. The minimum atomic E-state index is -4.80. The van der Waals surface area contributed by atoms with E-state index in [-0.39, 0.29) is 35.1 Å². The molecule has 0 atom stereocenters. The lowest BCUT2D eigenvalue weighted by Gasteiger charge is -2.27. The van der Waals surface area contributed by atoms with E-state index in [9.17, 15) is 21.6 Å². The molecule has 5 N–H and O–H groups in total. The minimum absolute atomic E-state index is 0.0294. The standard InChI is InChI=1S/C28H29F5N6O2S/c1-14(2)39-26-20(15-6-8-17(34)9-7-15)13-36-27(35)24(26)25(37-39)19-11-22(30)23(12-21(19)29)38-42(40,41)18-5-3-4-16(10-18)28(31,32)33/h3-5,10-15,17,38H,6-9,34H2,1-2H3,(H2,35,36)/t15-,17-. The van der Waals surface area contributed by atoms with E-state index in [1.165, 1.54) is 0 Å². The van der Waals surface area contributed by atoms with E-state index in [1.54, 1.807) is 10.9 Å². The van der Waals surface area contributed by atoms with Gasteiger partial charge >= 0.3 is 6.18 Å². The smallest absolute Gasteiger partial charge is 0.383 e. The molecule has 4 aromatic rings. The number of anilines is 2. The highest BCUT2D eigenvalue weighted by atomic mass is 32.2. The molecule has 0 amide bonds. The minimum Gasteiger partial charge on any atom is -0.383 e. The van der Waals surface area contributed by atoms with Crippen molar-refractivity contribution in [2.45, 2.75) is 68.6 Å². The molecule has 14 heteroatoms. The predicted molar refractivity (Wildman–Crippen MR) is 149 cm³/mol. The third-order valence-corrected chi connectivity index (χ3v) is 8.87. The number of alkyl halides is 3. The number of hydrogen-bond donors (Lipinski definition) is 3. The summed E-state index contributed by atoms with van der Waals surface area (Å²) in [6, 6.07) is 4.25. The molecule has 5 rings (SSSR count). The Morgan fingerprint density at radius 2 is 1.74 bits per heavy atom. The summed E-state index contributed by atoms with van der Waals surface area (Å²) in [5.41, 5.74) is 11.6. The van der Waals surface area contributed by atoms with Gasteiger partial charge in [-0.15, -0.1) is 0 Å². The first-order valence-electron chi connectivity index (χ1n) is 13.3. The summed E-state index contributed by atoms with van der Waals surface area (Å²) in [5, 5.41) is 4.94. The second kappa shape index (κ2) is 10.8.